The number of unbranched alkanes of at least 4 members (excludes halogenated alkanes) is 9. The van der Waals surface area contributed by atoms with Crippen LogP contribution >= 0.6 is 0 Å². The van der Waals surface area contributed by atoms with Crippen molar-refractivity contribution >= 4 is 0 Å². The van der Waals surface area contributed by atoms with Gasteiger partial charge in [0.1, 0.15) is 17.2 Å². The zero-order chi connectivity index (χ0) is 24.3. The van der Waals surface area contributed by atoms with Gasteiger partial charge in [0.05, 0.1) is 18.3 Å². The van der Waals surface area contributed by atoms with Crippen LogP contribution in [0.5, 0.6) is 17.2 Å². The molecule has 0 aromatic heterocycles. The van der Waals surface area contributed by atoms with Crippen LogP contribution in [0.25, 0.3) is 0 Å². The van der Waals surface area contributed by atoms with Gasteiger partial charge in [0.25, 0.3) is 0 Å². The highest BCUT2D eigenvalue weighted by molar-refractivity contribution is 5.42. The van der Waals surface area contributed by atoms with Gasteiger partial charge in [-0.2, -0.15) is 0 Å². The van der Waals surface area contributed by atoms with Crippen molar-refractivity contribution in [1.29, 1.82) is 0 Å². The van der Waals surface area contributed by atoms with Crippen LogP contribution in [0.4, 0.5) is 0 Å². The van der Waals surface area contributed by atoms with Crippen LogP contribution in [-0.4, -0.2) is 18.3 Å². The fourth-order valence-electron chi connectivity index (χ4n) is 4.20. The third-order valence-electron chi connectivity index (χ3n) is 6.26. The van der Waals surface area contributed by atoms with Gasteiger partial charge in [-0.3, -0.25) is 0 Å². The first-order valence-electron chi connectivity index (χ1n) is 14.1. The minimum absolute atomic E-state index is 0.197. The van der Waals surface area contributed by atoms with E-state index in [-0.39, 0.29) is 18.3 Å². The van der Waals surface area contributed by atoms with E-state index >= 15 is 0 Å². The lowest BCUT2D eigenvalue weighted by Gasteiger charge is -2.21. The van der Waals surface area contributed by atoms with Crippen molar-refractivity contribution in [3.63, 3.8) is 0 Å². The Morgan fingerprint density at radius 2 is 0.727 bits per heavy atom. The Kier molecular flexibility index (Phi) is 17.1. The smallest absolute Gasteiger partial charge is 0.127 e. The summed E-state index contributed by atoms with van der Waals surface area (Å²) >= 11 is 0. The Bertz CT molecular complexity index is 493. The lowest BCUT2D eigenvalue weighted by molar-refractivity contribution is 0.184. The summed E-state index contributed by atoms with van der Waals surface area (Å²) in [6, 6.07) is 6.14. The molecular weight excluding hydrogens is 408 g/mol. The molecule has 0 spiro atoms. The molecule has 0 aliphatic heterocycles. The van der Waals surface area contributed by atoms with Crippen LogP contribution in [0, 0.1) is 0 Å². The molecule has 0 saturated carbocycles. The monoisotopic (exact) mass is 462 g/mol. The zero-order valence-corrected chi connectivity index (χ0v) is 22.8. The molecule has 1 rings (SSSR count). The molecule has 0 aliphatic carbocycles. The second-order valence-corrected chi connectivity index (χ2v) is 9.97. The molecule has 1 aromatic rings. The van der Waals surface area contributed by atoms with Crippen molar-refractivity contribution in [2.45, 2.75) is 156 Å². The molecule has 0 amide bonds. The summed E-state index contributed by atoms with van der Waals surface area (Å²) < 4.78 is 18.9. The highest BCUT2D eigenvalue weighted by Crippen LogP contribution is 2.31. The minimum atomic E-state index is 0.197. The standard InChI is InChI=1S/C30H54O3/c1-7-10-13-16-19-25(4)31-28-22-29(32-26(5)20-17-14-11-8-2)24-30(23-28)33-27(6)21-18-15-12-9-3/h22-27H,7-21H2,1-6H3/t25-,26-,27-/m1/s1. The van der Waals surface area contributed by atoms with E-state index in [0.717, 1.165) is 36.5 Å². The Hall–Kier alpha value is -1.38. The van der Waals surface area contributed by atoms with E-state index in [1.807, 2.05) is 18.2 Å². The maximum absolute atomic E-state index is 6.31. The predicted octanol–water partition coefficient (Wildman–Crippen LogP) is 9.90. The fraction of sp³-hybridized carbons (Fsp3) is 0.800. The summed E-state index contributed by atoms with van der Waals surface area (Å²) in [5.41, 5.74) is 0. The van der Waals surface area contributed by atoms with Crippen molar-refractivity contribution in [1.82, 2.24) is 0 Å². The molecule has 0 unspecified atom stereocenters. The predicted molar refractivity (Wildman–Crippen MR) is 143 cm³/mol. The topological polar surface area (TPSA) is 27.7 Å². The molecule has 0 radical (unpaired) electrons. The second-order valence-electron chi connectivity index (χ2n) is 9.97. The molecule has 3 nitrogen and oxygen atoms in total. The summed E-state index contributed by atoms with van der Waals surface area (Å²) in [5, 5.41) is 0. The number of ether oxygens (including phenoxy) is 3. The molecule has 192 valence electrons. The van der Waals surface area contributed by atoms with Gasteiger partial charge in [0.2, 0.25) is 0 Å². The summed E-state index contributed by atoms with van der Waals surface area (Å²) in [6.07, 6.45) is 19.1. The van der Waals surface area contributed by atoms with Crippen LogP contribution in [0.3, 0.4) is 0 Å². The number of rotatable bonds is 21. The summed E-state index contributed by atoms with van der Waals surface area (Å²) in [5.74, 6) is 2.59. The van der Waals surface area contributed by atoms with Gasteiger partial charge in [-0.05, 0) is 59.3 Å². The van der Waals surface area contributed by atoms with E-state index < -0.39 is 0 Å². The Morgan fingerprint density at radius 3 is 0.970 bits per heavy atom. The third-order valence-corrected chi connectivity index (χ3v) is 6.26. The lowest BCUT2D eigenvalue weighted by Crippen LogP contribution is -2.15. The largest absolute Gasteiger partial charge is 0.490 e. The van der Waals surface area contributed by atoms with Gasteiger partial charge in [0, 0.05) is 18.2 Å². The van der Waals surface area contributed by atoms with Crippen LogP contribution in [0.2, 0.25) is 0 Å². The molecule has 33 heavy (non-hydrogen) atoms. The molecule has 0 heterocycles. The van der Waals surface area contributed by atoms with Gasteiger partial charge in [-0.15, -0.1) is 0 Å². The van der Waals surface area contributed by atoms with Gasteiger partial charge in [0.15, 0.2) is 0 Å². The van der Waals surface area contributed by atoms with E-state index in [1.165, 1.54) is 77.0 Å². The molecule has 0 bridgehead atoms. The fourth-order valence-corrected chi connectivity index (χ4v) is 4.20. The summed E-state index contributed by atoms with van der Waals surface area (Å²) in [7, 11) is 0. The lowest BCUT2D eigenvalue weighted by atomic mass is 10.1. The Labute approximate surface area is 206 Å². The molecule has 0 fully saturated rings. The van der Waals surface area contributed by atoms with Crippen LogP contribution in [0.1, 0.15) is 138 Å². The number of benzene rings is 1. The normalized spacial score (nSPS) is 14.0. The van der Waals surface area contributed by atoms with E-state index in [9.17, 15) is 0 Å². The Morgan fingerprint density at radius 1 is 0.455 bits per heavy atom. The first kappa shape index (κ1) is 29.7. The Balaban J connectivity index is 2.75. The third kappa shape index (κ3) is 15.2. The molecule has 0 N–H and O–H groups in total. The van der Waals surface area contributed by atoms with Crippen molar-refractivity contribution in [2.75, 3.05) is 0 Å². The summed E-state index contributed by atoms with van der Waals surface area (Å²) in [4.78, 5) is 0. The first-order valence-corrected chi connectivity index (χ1v) is 14.1. The van der Waals surface area contributed by atoms with Gasteiger partial charge in [-0.25, -0.2) is 0 Å². The van der Waals surface area contributed by atoms with Crippen LogP contribution in [0.15, 0.2) is 18.2 Å². The maximum Gasteiger partial charge on any atom is 0.127 e. The van der Waals surface area contributed by atoms with Crippen molar-refractivity contribution in [2.24, 2.45) is 0 Å². The van der Waals surface area contributed by atoms with Crippen molar-refractivity contribution in [3.8, 4) is 17.2 Å². The SMILES string of the molecule is CCCCCC[C@@H](C)Oc1cc(O[C@H](C)CCCCCC)cc(O[C@H](C)CCCCCC)c1. The van der Waals surface area contributed by atoms with Crippen molar-refractivity contribution < 1.29 is 14.2 Å². The van der Waals surface area contributed by atoms with E-state index in [4.69, 9.17) is 14.2 Å². The van der Waals surface area contributed by atoms with Gasteiger partial charge >= 0.3 is 0 Å². The second kappa shape index (κ2) is 19.0. The number of hydrogen-bond acceptors (Lipinski definition) is 3. The number of hydrogen-bond donors (Lipinski definition) is 0. The molecule has 0 saturated heterocycles. The molecular formula is C30H54O3. The molecule has 3 heteroatoms. The van der Waals surface area contributed by atoms with Crippen LogP contribution < -0.4 is 14.2 Å². The van der Waals surface area contributed by atoms with Crippen LogP contribution in [-0.2, 0) is 0 Å². The quantitative estimate of drug-likeness (QED) is 0.170. The highest BCUT2D eigenvalue weighted by atomic mass is 16.5. The van der Waals surface area contributed by atoms with Gasteiger partial charge < -0.3 is 14.2 Å². The van der Waals surface area contributed by atoms with Crippen molar-refractivity contribution in [3.05, 3.63) is 18.2 Å². The molecule has 3 atom stereocenters. The summed E-state index contributed by atoms with van der Waals surface area (Å²) in [6.45, 7) is 13.3. The van der Waals surface area contributed by atoms with E-state index in [2.05, 4.69) is 41.5 Å². The highest BCUT2D eigenvalue weighted by Gasteiger charge is 2.13. The zero-order valence-electron chi connectivity index (χ0n) is 22.8. The van der Waals surface area contributed by atoms with Gasteiger partial charge in [-0.1, -0.05) is 78.6 Å². The van der Waals surface area contributed by atoms with E-state index in [1.54, 1.807) is 0 Å². The van der Waals surface area contributed by atoms with E-state index in [0.29, 0.717) is 0 Å². The maximum atomic E-state index is 6.31. The average Bonchev–Trinajstić information content (AvgIpc) is 2.77. The minimum Gasteiger partial charge on any atom is -0.490 e. The average molecular weight is 463 g/mol. The molecule has 1 aromatic carbocycles. The first-order chi connectivity index (χ1) is 16.0. The molecule has 0 aliphatic rings.